The van der Waals surface area contributed by atoms with Crippen LogP contribution in [0.25, 0.3) is 0 Å². The molecule has 0 unspecified atom stereocenters. The minimum atomic E-state index is -0.153. The van der Waals surface area contributed by atoms with E-state index in [1.165, 1.54) is 10.5 Å². The van der Waals surface area contributed by atoms with Crippen molar-refractivity contribution in [1.82, 2.24) is 9.80 Å². The molecule has 1 heterocycles. The Hall–Kier alpha value is -2.46. The van der Waals surface area contributed by atoms with Crippen LogP contribution in [0, 0.1) is 0 Å². The lowest BCUT2D eigenvalue weighted by Gasteiger charge is -2.22. The maximum absolute atomic E-state index is 12.4. The first-order valence-electron chi connectivity index (χ1n) is 9.42. The van der Waals surface area contributed by atoms with Gasteiger partial charge < -0.3 is 0 Å². The van der Waals surface area contributed by atoms with E-state index >= 15 is 0 Å². The molecule has 0 radical (unpaired) electrons. The topological polar surface area (TPSA) is 40.6 Å². The number of benzene rings is 2. The van der Waals surface area contributed by atoms with E-state index in [4.69, 9.17) is 0 Å². The van der Waals surface area contributed by atoms with E-state index in [1.807, 2.05) is 6.07 Å². The Morgan fingerprint density at radius 1 is 0.808 bits per heavy atom. The molecule has 0 aromatic heterocycles. The SMILES string of the molecule is CCCN(CCCCN1C(=O)c2ccccc2C1=O)Cc1ccccc1. The molecule has 4 heteroatoms. The van der Waals surface area contributed by atoms with Crippen LogP contribution in [0.2, 0.25) is 0 Å². The molecule has 0 fully saturated rings. The lowest BCUT2D eigenvalue weighted by molar-refractivity contribution is 0.0650. The molecular weight excluding hydrogens is 324 g/mol. The van der Waals surface area contributed by atoms with Crippen molar-refractivity contribution >= 4 is 11.8 Å². The fraction of sp³-hybridized carbons (Fsp3) is 0.364. The average molecular weight is 350 g/mol. The summed E-state index contributed by atoms with van der Waals surface area (Å²) in [4.78, 5) is 28.6. The molecule has 0 spiro atoms. The minimum Gasteiger partial charge on any atom is -0.299 e. The molecule has 0 aliphatic carbocycles. The zero-order chi connectivity index (χ0) is 18.4. The van der Waals surface area contributed by atoms with E-state index in [-0.39, 0.29) is 11.8 Å². The third-order valence-corrected chi connectivity index (χ3v) is 4.77. The van der Waals surface area contributed by atoms with Crippen LogP contribution in [-0.2, 0) is 6.54 Å². The first-order valence-corrected chi connectivity index (χ1v) is 9.42. The molecule has 2 aromatic carbocycles. The monoisotopic (exact) mass is 350 g/mol. The van der Waals surface area contributed by atoms with Gasteiger partial charge in [-0.1, -0.05) is 49.4 Å². The van der Waals surface area contributed by atoms with Crippen LogP contribution in [0.4, 0.5) is 0 Å². The number of imide groups is 1. The van der Waals surface area contributed by atoms with Gasteiger partial charge >= 0.3 is 0 Å². The number of amides is 2. The van der Waals surface area contributed by atoms with Gasteiger partial charge in [0.25, 0.3) is 11.8 Å². The number of carbonyl (C=O) groups is 2. The van der Waals surface area contributed by atoms with Crippen molar-refractivity contribution in [1.29, 1.82) is 0 Å². The van der Waals surface area contributed by atoms with Crippen LogP contribution < -0.4 is 0 Å². The lowest BCUT2D eigenvalue weighted by Crippen LogP contribution is -2.31. The van der Waals surface area contributed by atoms with Crippen molar-refractivity contribution < 1.29 is 9.59 Å². The quantitative estimate of drug-likeness (QED) is 0.507. The molecule has 2 aromatic rings. The maximum atomic E-state index is 12.4. The largest absolute Gasteiger partial charge is 0.299 e. The number of rotatable bonds is 9. The molecule has 0 atom stereocenters. The van der Waals surface area contributed by atoms with Crippen LogP contribution in [0.15, 0.2) is 54.6 Å². The second-order valence-electron chi connectivity index (χ2n) is 6.78. The summed E-state index contributed by atoms with van der Waals surface area (Å²) >= 11 is 0. The molecule has 26 heavy (non-hydrogen) atoms. The van der Waals surface area contributed by atoms with Crippen LogP contribution in [0.3, 0.4) is 0 Å². The number of hydrogen-bond acceptors (Lipinski definition) is 3. The molecule has 0 bridgehead atoms. The molecular formula is C22H26N2O2. The molecule has 0 N–H and O–H groups in total. The summed E-state index contributed by atoms with van der Waals surface area (Å²) in [6.45, 7) is 5.67. The Morgan fingerprint density at radius 2 is 1.42 bits per heavy atom. The molecule has 2 amide bonds. The Kier molecular flexibility index (Phi) is 6.18. The Bertz CT molecular complexity index is 723. The third kappa shape index (κ3) is 4.20. The van der Waals surface area contributed by atoms with E-state index in [0.29, 0.717) is 17.7 Å². The van der Waals surface area contributed by atoms with E-state index in [9.17, 15) is 9.59 Å². The van der Waals surface area contributed by atoms with Crippen LogP contribution in [0.1, 0.15) is 52.5 Å². The van der Waals surface area contributed by atoms with Crippen LogP contribution >= 0.6 is 0 Å². The van der Waals surface area contributed by atoms with Gasteiger partial charge in [0, 0.05) is 13.1 Å². The summed E-state index contributed by atoms with van der Waals surface area (Å²) in [5.41, 5.74) is 2.39. The molecule has 3 rings (SSSR count). The summed E-state index contributed by atoms with van der Waals surface area (Å²) in [6.07, 6.45) is 2.92. The van der Waals surface area contributed by atoms with Gasteiger partial charge in [-0.15, -0.1) is 0 Å². The van der Waals surface area contributed by atoms with E-state index in [1.54, 1.807) is 24.3 Å². The second-order valence-corrected chi connectivity index (χ2v) is 6.78. The number of carbonyl (C=O) groups excluding carboxylic acids is 2. The van der Waals surface area contributed by atoms with Crippen molar-refractivity contribution in [2.45, 2.75) is 32.7 Å². The minimum absolute atomic E-state index is 0.153. The molecule has 4 nitrogen and oxygen atoms in total. The predicted octanol–water partition coefficient (Wildman–Crippen LogP) is 3.98. The fourth-order valence-electron chi connectivity index (χ4n) is 3.48. The molecule has 136 valence electrons. The average Bonchev–Trinajstić information content (AvgIpc) is 2.91. The molecule has 1 aliphatic rings. The van der Waals surface area contributed by atoms with Gasteiger partial charge in [-0.2, -0.15) is 0 Å². The summed E-state index contributed by atoms with van der Waals surface area (Å²) in [6, 6.07) is 17.6. The summed E-state index contributed by atoms with van der Waals surface area (Å²) in [5.74, 6) is -0.305. The Morgan fingerprint density at radius 3 is 2.04 bits per heavy atom. The molecule has 1 aliphatic heterocycles. The lowest BCUT2D eigenvalue weighted by atomic mass is 10.1. The highest BCUT2D eigenvalue weighted by molar-refractivity contribution is 6.21. The summed E-state index contributed by atoms with van der Waals surface area (Å²) < 4.78 is 0. The zero-order valence-electron chi connectivity index (χ0n) is 15.4. The first kappa shape index (κ1) is 18.3. The zero-order valence-corrected chi connectivity index (χ0v) is 15.4. The van der Waals surface area contributed by atoms with Crippen LogP contribution in [-0.4, -0.2) is 41.2 Å². The van der Waals surface area contributed by atoms with Crippen molar-refractivity contribution in [2.24, 2.45) is 0 Å². The number of nitrogens with zero attached hydrogens (tertiary/aromatic N) is 2. The van der Waals surface area contributed by atoms with Gasteiger partial charge in [-0.3, -0.25) is 19.4 Å². The summed E-state index contributed by atoms with van der Waals surface area (Å²) in [5, 5.41) is 0. The van der Waals surface area contributed by atoms with Crippen molar-refractivity contribution in [3.63, 3.8) is 0 Å². The standard InChI is InChI=1S/C22H26N2O2/c1-2-14-23(17-18-10-4-3-5-11-18)15-8-9-16-24-21(25)19-12-6-7-13-20(19)22(24)26/h3-7,10-13H,2,8-9,14-17H2,1H3. The van der Waals surface area contributed by atoms with Crippen LogP contribution in [0.5, 0.6) is 0 Å². The summed E-state index contributed by atoms with van der Waals surface area (Å²) in [7, 11) is 0. The Balaban J connectivity index is 1.48. The highest BCUT2D eigenvalue weighted by atomic mass is 16.2. The van der Waals surface area contributed by atoms with Gasteiger partial charge in [0.15, 0.2) is 0 Å². The van der Waals surface area contributed by atoms with Gasteiger partial charge in [0.05, 0.1) is 11.1 Å². The maximum Gasteiger partial charge on any atom is 0.261 e. The second kappa shape index (κ2) is 8.77. The number of hydrogen-bond donors (Lipinski definition) is 0. The smallest absolute Gasteiger partial charge is 0.261 e. The van der Waals surface area contributed by atoms with Gasteiger partial charge in [-0.05, 0) is 50.0 Å². The fourth-order valence-corrected chi connectivity index (χ4v) is 3.48. The third-order valence-electron chi connectivity index (χ3n) is 4.77. The van der Waals surface area contributed by atoms with E-state index < -0.39 is 0 Å². The van der Waals surface area contributed by atoms with Gasteiger partial charge in [0.1, 0.15) is 0 Å². The molecule has 0 saturated heterocycles. The first-order chi connectivity index (χ1) is 12.7. The van der Waals surface area contributed by atoms with E-state index in [2.05, 4.69) is 36.1 Å². The van der Waals surface area contributed by atoms with Crippen molar-refractivity contribution in [2.75, 3.05) is 19.6 Å². The van der Waals surface area contributed by atoms with Crippen molar-refractivity contribution in [3.05, 3.63) is 71.3 Å². The normalized spacial score (nSPS) is 13.5. The predicted molar refractivity (Wildman–Crippen MR) is 103 cm³/mol. The number of fused-ring (bicyclic) bond motifs is 1. The number of unbranched alkanes of at least 4 members (excludes halogenated alkanes) is 1. The molecule has 0 saturated carbocycles. The van der Waals surface area contributed by atoms with E-state index in [0.717, 1.165) is 38.9 Å². The van der Waals surface area contributed by atoms with Crippen molar-refractivity contribution in [3.8, 4) is 0 Å². The highest BCUT2D eigenvalue weighted by Gasteiger charge is 2.34. The van der Waals surface area contributed by atoms with Gasteiger partial charge in [-0.25, -0.2) is 0 Å². The highest BCUT2D eigenvalue weighted by Crippen LogP contribution is 2.22. The van der Waals surface area contributed by atoms with Gasteiger partial charge in [0.2, 0.25) is 0 Å². The Labute approximate surface area is 155 Å².